The molecule has 1 aromatic carbocycles. The molecule has 0 N–H and O–H groups in total. The highest BCUT2D eigenvalue weighted by atomic mass is 35.5. The maximum absolute atomic E-state index is 13.2. The molecule has 0 aliphatic heterocycles. The van der Waals surface area contributed by atoms with Gasteiger partial charge in [0, 0.05) is 38.2 Å². The van der Waals surface area contributed by atoms with Gasteiger partial charge in [0.2, 0.25) is 0 Å². The van der Waals surface area contributed by atoms with Crippen LogP contribution in [0, 0.1) is 0 Å². The SMILES string of the molecule is C=Nc1c(N(COCCCC(F)(F)F)Cc2ccc(Cl)cc2)c(=O)n(CCC)c(=O)n1C. The quantitative estimate of drug-likeness (QED) is 0.277. The van der Waals surface area contributed by atoms with Crippen LogP contribution in [0.5, 0.6) is 0 Å². The molecule has 11 heteroatoms. The third-order valence-corrected chi connectivity index (χ3v) is 4.94. The highest BCUT2D eigenvalue weighted by Gasteiger charge is 2.26. The first-order valence-corrected chi connectivity index (χ1v) is 10.4. The van der Waals surface area contributed by atoms with E-state index in [0.29, 0.717) is 11.4 Å². The van der Waals surface area contributed by atoms with E-state index in [0.717, 1.165) is 10.1 Å². The van der Waals surface area contributed by atoms with Crippen LogP contribution in [0.2, 0.25) is 5.02 Å². The summed E-state index contributed by atoms with van der Waals surface area (Å²) in [5.74, 6) is 0.0557. The van der Waals surface area contributed by atoms with E-state index >= 15 is 0 Å². The maximum atomic E-state index is 13.2. The Morgan fingerprint density at radius 3 is 2.44 bits per heavy atom. The largest absolute Gasteiger partial charge is 0.389 e. The van der Waals surface area contributed by atoms with Crippen molar-refractivity contribution >= 4 is 29.8 Å². The molecule has 0 fully saturated rings. The Labute approximate surface area is 188 Å². The van der Waals surface area contributed by atoms with Gasteiger partial charge in [0.05, 0.1) is 0 Å². The molecule has 1 heterocycles. The van der Waals surface area contributed by atoms with Crippen molar-refractivity contribution < 1.29 is 17.9 Å². The number of aliphatic imine (C=N–C) groups is 1. The van der Waals surface area contributed by atoms with E-state index in [1.165, 1.54) is 16.5 Å². The van der Waals surface area contributed by atoms with Gasteiger partial charge in [0.1, 0.15) is 12.4 Å². The monoisotopic (exact) mass is 474 g/mol. The van der Waals surface area contributed by atoms with Gasteiger partial charge < -0.3 is 9.64 Å². The van der Waals surface area contributed by atoms with Crippen LogP contribution in [0.15, 0.2) is 38.8 Å². The number of anilines is 1. The average molecular weight is 475 g/mol. The topological polar surface area (TPSA) is 68.8 Å². The van der Waals surface area contributed by atoms with Gasteiger partial charge >= 0.3 is 11.9 Å². The van der Waals surface area contributed by atoms with E-state index in [2.05, 4.69) is 11.7 Å². The van der Waals surface area contributed by atoms with Crippen LogP contribution in [0.1, 0.15) is 31.7 Å². The molecule has 0 atom stereocenters. The van der Waals surface area contributed by atoms with Crippen molar-refractivity contribution in [3.05, 3.63) is 55.7 Å². The summed E-state index contributed by atoms with van der Waals surface area (Å²) in [6.45, 7) is 5.37. The van der Waals surface area contributed by atoms with E-state index in [9.17, 15) is 22.8 Å². The highest BCUT2D eigenvalue weighted by molar-refractivity contribution is 6.30. The minimum atomic E-state index is -4.27. The summed E-state index contributed by atoms with van der Waals surface area (Å²) in [7, 11) is 1.48. The van der Waals surface area contributed by atoms with Gasteiger partial charge in [-0.15, -0.1) is 0 Å². The summed E-state index contributed by atoms with van der Waals surface area (Å²) in [4.78, 5) is 31.2. The molecule has 7 nitrogen and oxygen atoms in total. The fourth-order valence-corrected chi connectivity index (χ4v) is 3.29. The Bertz CT molecular complexity index is 1030. The third kappa shape index (κ3) is 6.70. The highest BCUT2D eigenvalue weighted by Crippen LogP contribution is 2.25. The number of hydrogen-bond donors (Lipinski definition) is 0. The Kier molecular flexibility index (Phi) is 9.09. The van der Waals surface area contributed by atoms with E-state index in [-0.39, 0.29) is 44.4 Å². The Hall–Kier alpha value is -2.59. The summed E-state index contributed by atoms with van der Waals surface area (Å²) in [6.07, 6.45) is -4.89. The number of alkyl halides is 3. The first-order valence-electron chi connectivity index (χ1n) is 10.0. The van der Waals surface area contributed by atoms with Crippen molar-refractivity contribution in [2.24, 2.45) is 12.0 Å². The molecular formula is C21H26ClF3N4O3. The predicted octanol–water partition coefficient (Wildman–Crippen LogP) is 4.27. The fraction of sp³-hybridized carbons (Fsp3) is 0.476. The number of halogens is 4. The van der Waals surface area contributed by atoms with Crippen molar-refractivity contribution in [1.29, 1.82) is 0 Å². The number of aromatic nitrogens is 2. The lowest BCUT2D eigenvalue weighted by molar-refractivity contribution is -0.137. The van der Waals surface area contributed by atoms with Gasteiger partial charge in [-0.3, -0.25) is 13.9 Å². The summed E-state index contributed by atoms with van der Waals surface area (Å²) in [5.41, 5.74) is -0.231. The molecule has 1 aromatic heterocycles. The smallest absolute Gasteiger partial charge is 0.361 e. The fourth-order valence-electron chi connectivity index (χ4n) is 3.17. The van der Waals surface area contributed by atoms with Crippen LogP contribution in [0.25, 0.3) is 0 Å². The molecule has 2 rings (SSSR count). The Morgan fingerprint density at radius 2 is 1.88 bits per heavy atom. The molecule has 0 aliphatic carbocycles. The lowest BCUT2D eigenvalue weighted by atomic mass is 10.2. The van der Waals surface area contributed by atoms with E-state index in [1.807, 2.05) is 6.92 Å². The molecule has 0 aliphatic rings. The minimum absolute atomic E-state index is 0.0557. The van der Waals surface area contributed by atoms with Crippen LogP contribution < -0.4 is 16.1 Å². The van der Waals surface area contributed by atoms with Crippen LogP contribution in [0.3, 0.4) is 0 Å². The maximum Gasteiger partial charge on any atom is 0.389 e. The first-order chi connectivity index (χ1) is 15.1. The molecular weight excluding hydrogens is 449 g/mol. The first kappa shape index (κ1) is 25.7. The summed E-state index contributed by atoms with van der Waals surface area (Å²) in [5, 5.41) is 0.532. The zero-order chi connectivity index (χ0) is 23.9. The lowest BCUT2D eigenvalue weighted by Gasteiger charge is -2.27. The van der Waals surface area contributed by atoms with Crippen molar-refractivity contribution in [3.8, 4) is 0 Å². The van der Waals surface area contributed by atoms with Gasteiger partial charge in [-0.1, -0.05) is 30.7 Å². The molecule has 2 aromatic rings. The standard InChI is InChI=1S/C21H26ClF3N4O3/c1-4-11-29-19(30)17(18(26-2)27(3)20(29)31)28(13-15-6-8-16(22)9-7-15)14-32-12-5-10-21(23,24)25/h6-9H,2,4-5,10-14H2,1,3H3. The van der Waals surface area contributed by atoms with E-state index in [1.54, 1.807) is 24.3 Å². The minimum Gasteiger partial charge on any atom is -0.361 e. The molecule has 0 bridgehead atoms. The van der Waals surface area contributed by atoms with Crippen LogP contribution in [-0.2, 0) is 24.9 Å². The van der Waals surface area contributed by atoms with Crippen LogP contribution in [-0.4, -0.2) is 35.4 Å². The van der Waals surface area contributed by atoms with Gasteiger partial charge in [0.15, 0.2) is 5.82 Å². The summed E-state index contributed by atoms with van der Waals surface area (Å²) in [6, 6.07) is 6.88. The zero-order valence-corrected chi connectivity index (χ0v) is 18.7. The predicted molar refractivity (Wildman–Crippen MR) is 119 cm³/mol. The number of hydrogen-bond acceptors (Lipinski definition) is 5. The van der Waals surface area contributed by atoms with Crippen molar-refractivity contribution in [2.45, 2.75) is 45.5 Å². The van der Waals surface area contributed by atoms with Crippen molar-refractivity contribution in [1.82, 2.24) is 9.13 Å². The molecule has 176 valence electrons. The second kappa shape index (κ2) is 11.3. The molecule has 32 heavy (non-hydrogen) atoms. The molecule has 0 unspecified atom stereocenters. The van der Waals surface area contributed by atoms with Crippen LogP contribution in [0.4, 0.5) is 24.7 Å². The molecule has 0 saturated heterocycles. The Balaban J connectivity index is 2.43. The molecule has 0 radical (unpaired) electrons. The number of ether oxygens (including phenoxy) is 1. The van der Waals surface area contributed by atoms with Gasteiger partial charge in [0.25, 0.3) is 5.56 Å². The second-order valence-electron chi connectivity index (χ2n) is 7.21. The van der Waals surface area contributed by atoms with Crippen molar-refractivity contribution in [2.75, 3.05) is 18.2 Å². The van der Waals surface area contributed by atoms with Gasteiger partial charge in [-0.2, -0.15) is 13.2 Å². The molecule has 0 saturated carbocycles. The number of rotatable bonds is 11. The van der Waals surface area contributed by atoms with Crippen molar-refractivity contribution in [3.63, 3.8) is 0 Å². The number of nitrogens with zero attached hydrogens (tertiary/aromatic N) is 4. The van der Waals surface area contributed by atoms with E-state index < -0.39 is 23.8 Å². The lowest BCUT2D eigenvalue weighted by Crippen LogP contribution is -2.43. The normalized spacial score (nSPS) is 11.6. The third-order valence-electron chi connectivity index (χ3n) is 4.69. The van der Waals surface area contributed by atoms with Crippen LogP contribution >= 0.6 is 11.6 Å². The van der Waals surface area contributed by atoms with Gasteiger partial charge in [-0.25, -0.2) is 9.79 Å². The van der Waals surface area contributed by atoms with E-state index in [4.69, 9.17) is 16.3 Å². The number of benzene rings is 1. The Morgan fingerprint density at radius 1 is 1.22 bits per heavy atom. The van der Waals surface area contributed by atoms with Gasteiger partial charge in [-0.05, 0) is 37.3 Å². The summed E-state index contributed by atoms with van der Waals surface area (Å²) < 4.78 is 45.0. The molecule has 0 amide bonds. The average Bonchev–Trinajstić information content (AvgIpc) is 2.73. The molecule has 0 spiro atoms. The second-order valence-corrected chi connectivity index (χ2v) is 7.65. The summed E-state index contributed by atoms with van der Waals surface area (Å²) >= 11 is 5.94. The zero-order valence-electron chi connectivity index (χ0n) is 18.0.